The summed E-state index contributed by atoms with van der Waals surface area (Å²) in [4.78, 5) is 26.3. The molecule has 1 aromatic carbocycles. The number of nitrogens with one attached hydrogen (secondary N) is 2. The van der Waals surface area contributed by atoms with E-state index in [1.165, 1.54) is 4.90 Å². The van der Waals surface area contributed by atoms with E-state index in [1.807, 2.05) is 18.2 Å². The summed E-state index contributed by atoms with van der Waals surface area (Å²) in [6.07, 6.45) is 0.918. The van der Waals surface area contributed by atoms with Crippen LogP contribution in [0.3, 0.4) is 0 Å². The number of alkyl halides is 2. The second-order valence-corrected chi connectivity index (χ2v) is 6.47. The van der Waals surface area contributed by atoms with Crippen LogP contribution in [0.15, 0.2) is 30.3 Å². The molecule has 5 nitrogen and oxygen atoms in total. The van der Waals surface area contributed by atoms with Crippen LogP contribution >= 0.6 is 0 Å². The smallest absolute Gasteiger partial charge is 0.262 e. The zero-order chi connectivity index (χ0) is 17.2. The number of amides is 2. The van der Waals surface area contributed by atoms with Crippen LogP contribution in [0.4, 0.5) is 14.5 Å². The van der Waals surface area contributed by atoms with E-state index in [-0.39, 0.29) is 24.3 Å². The van der Waals surface area contributed by atoms with E-state index in [4.69, 9.17) is 0 Å². The first-order valence-electron chi connectivity index (χ1n) is 8.20. The Balaban J connectivity index is 1.58. The summed E-state index contributed by atoms with van der Waals surface area (Å²) < 4.78 is 26.5. The fraction of sp³-hybridized carbons (Fsp3) is 0.529. The molecule has 2 aliphatic heterocycles. The maximum Gasteiger partial charge on any atom is 0.262 e. The molecule has 2 N–H and O–H groups in total. The van der Waals surface area contributed by atoms with E-state index in [0.717, 1.165) is 0 Å². The first-order chi connectivity index (χ1) is 11.4. The maximum atomic E-state index is 13.3. The van der Waals surface area contributed by atoms with E-state index in [9.17, 15) is 18.4 Å². The molecule has 24 heavy (non-hydrogen) atoms. The van der Waals surface area contributed by atoms with Crippen LogP contribution in [0.2, 0.25) is 0 Å². The molecule has 1 aromatic rings. The van der Waals surface area contributed by atoms with E-state index in [1.54, 1.807) is 12.1 Å². The summed E-state index contributed by atoms with van der Waals surface area (Å²) in [7, 11) is 0. The Morgan fingerprint density at radius 1 is 1.25 bits per heavy atom. The highest BCUT2D eigenvalue weighted by atomic mass is 19.3. The van der Waals surface area contributed by atoms with E-state index in [2.05, 4.69) is 10.6 Å². The van der Waals surface area contributed by atoms with Gasteiger partial charge in [-0.1, -0.05) is 18.2 Å². The Kier molecular flexibility index (Phi) is 4.80. The highest BCUT2D eigenvalue weighted by Crippen LogP contribution is 2.27. The quantitative estimate of drug-likeness (QED) is 0.885. The van der Waals surface area contributed by atoms with E-state index >= 15 is 0 Å². The third kappa shape index (κ3) is 3.90. The van der Waals surface area contributed by atoms with Crippen LogP contribution in [-0.4, -0.2) is 48.3 Å². The first-order valence-corrected chi connectivity index (χ1v) is 8.20. The van der Waals surface area contributed by atoms with Crippen molar-refractivity contribution in [3.63, 3.8) is 0 Å². The van der Waals surface area contributed by atoms with Crippen molar-refractivity contribution >= 4 is 17.5 Å². The normalized spacial score (nSPS) is 26.2. The summed E-state index contributed by atoms with van der Waals surface area (Å²) in [5, 5.41) is 5.43. The molecule has 2 unspecified atom stereocenters. The molecular formula is C17H21F2N3O2. The summed E-state index contributed by atoms with van der Waals surface area (Å²) in [6.45, 7) is 0.328. The molecule has 2 atom stereocenters. The molecule has 0 radical (unpaired) electrons. The molecule has 0 bridgehead atoms. The van der Waals surface area contributed by atoms with Gasteiger partial charge in [-0.05, 0) is 25.0 Å². The molecule has 2 aliphatic rings. The van der Waals surface area contributed by atoms with Gasteiger partial charge in [0, 0.05) is 25.2 Å². The van der Waals surface area contributed by atoms with Gasteiger partial charge in [0.05, 0.1) is 18.5 Å². The molecule has 130 valence electrons. The van der Waals surface area contributed by atoms with Crippen molar-refractivity contribution in [1.82, 2.24) is 10.2 Å². The third-order valence-corrected chi connectivity index (χ3v) is 4.55. The van der Waals surface area contributed by atoms with Crippen LogP contribution in [0.25, 0.3) is 0 Å². The van der Waals surface area contributed by atoms with Crippen molar-refractivity contribution in [2.24, 2.45) is 5.92 Å². The first kappa shape index (κ1) is 16.8. The predicted molar refractivity (Wildman–Crippen MR) is 85.7 cm³/mol. The van der Waals surface area contributed by atoms with E-state index in [0.29, 0.717) is 25.1 Å². The molecule has 2 heterocycles. The Hall–Kier alpha value is -2.02. The minimum Gasteiger partial charge on any atom is -0.341 e. The molecular weight excluding hydrogens is 316 g/mol. The maximum absolute atomic E-state index is 13.3. The van der Waals surface area contributed by atoms with Crippen LogP contribution in [0.5, 0.6) is 0 Å². The molecule has 0 saturated carbocycles. The highest BCUT2D eigenvalue weighted by molar-refractivity contribution is 5.93. The zero-order valence-corrected chi connectivity index (χ0v) is 13.3. The topological polar surface area (TPSA) is 61.4 Å². The molecule has 0 aliphatic carbocycles. The van der Waals surface area contributed by atoms with Crippen LogP contribution in [0, 0.1) is 5.92 Å². The number of carbonyl (C=O) groups is 2. The molecule has 2 fully saturated rings. The third-order valence-electron chi connectivity index (χ3n) is 4.55. The molecule has 3 rings (SSSR count). The Morgan fingerprint density at radius 3 is 2.67 bits per heavy atom. The fourth-order valence-corrected chi connectivity index (χ4v) is 3.27. The number of hydrogen-bond donors (Lipinski definition) is 2. The van der Waals surface area contributed by atoms with Gasteiger partial charge in [-0.2, -0.15) is 0 Å². The number of rotatable bonds is 3. The molecule has 7 heteroatoms. The summed E-state index contributed by atoms with van der Waals surface area (Å²) in [6, 6.07) is 8.27. The van der Waals surface area contributed by atoms with Crippen molar-refractivity contribution in [2.45, 2.75) is 31.2 Å². The predicted octanol–water partition coefficient (Wildman–Crippen LogP) is 1.86. The van der Waals surface area contributed by atoms with Crippen molar-refractivity contribution in [2.75, 3.05) is 25.0 Å². The number of piperidine rings is 1. The van der Waals surface area contributed by atoms with Crippen LogP contribution in [-0.2, 0) is 9.59 Å². The van der Waals surface area contributed by atoms with Gasteiger partial charge in [0.1, 0.15) is 0 Å². The molecule has 2 amide bonds. The van der Waals surface area contributed by atoms with Crippen LogP contribution in [0.1, 0.15) is 19.3 Å². The van der Waals surface area contributed by atoms with Gasteiger partial charge in [0.25, 0.3) is 5.92 Å². The SMILES string of the molecule is O=C(Nc1ccccc1)C1CCCN(C(=O)C2CC(F)(F)CN2)C1. The second kappa shape index (κ2) is 6.84. The van der Waals surface area contributed by atoms with Gasteiger partial charge in [-0.3, -0.25) is 14.9 Å². The number of benzene rings is 1. The Morgan fingerprint density at radius 2 is 2.00 bits per heavy atom. The summed E-state index contributed by atoms with van der Waals surface area (Å²) in [5.74, 6) is -3.61. The number of para-hydroxylation sites is 1. The number of nitrogens with zero attached hydrogens (tertiary/aromatic N) is 1. The van der Waals surface area contributed by atoms with Crippen molar-refractivity contribution in [3.05, 3.63) is 30.3 Å². The van der Waals surface area contributed by atoms with Gasteiger partial charge in [0.2, 0.25) is 11.8 Å². The largest absolute Gasteiger partial charge is 0.341 e. The highest BCUT2D eigenvalue weighted by Gasteiger charge is 2.44. The number of anilines is 1. The molecule has 0 aromatic heterocycles. The lowest BCUT2D eigenvalue weighted by Crippen LogP contribution is -2.49. The van der Waals surface area contributed by atoms with Gasteiger partial charge < -0.3 is 10.2 Å². The second-order valence-electron chi connectivity index (χ2n) is 6.47. The lowest BCUT2D eigenvalue weighted by Gasteiger charge is -2.33. The van der Waals surface area contributed by atoms with Gasteiger partial charge in [-0.25, -0.2) is 8.78 Å². The number of halogens is 2. The average molecular weight is 337 g/mol. The van der Waals surface area contributed by atoms with E-state index < -0.39 is 24.9 Å². The summed E-state index contributed by atoms with van der Waals surface area (Å²) in [5.41, 5.74) is 0.711. The Labute approximate surface area is 139 Å². The number of carbonyl (C=O) groups excluding carboxylic acids is 2. The van der Waals surface area contributed by atoms with Crippen molar-refractivity contribution < 1.29 is 18.4 Å². The molecule has 0 spiro atoms. The summed E-state index contributed by atoms with van der Waals surface area (Å²) >= 11 is 0. The minimum atomic E-state index is -2.83. The van der Waals surface area contributed by atoms with Crippen molar-refractivity contribution in [3.8, 4) is 0 Å². The van der Waals surface area contributed by atoms with Gasteiger partial charge in [0.15, 0.2) is 0 Å². The van der Waals surface area contributed by atoms with Gasteiger partial charge >= 0.3 is 0 Å². The van der Waals surface area contributed by atoms with Gasteiger partial charge in [-0.15, -0.1) is 0 Å². The number of likely N-dealkylation sites (tertiary alicyclic amines) is 1. The number of hydrogen-bond acceptors (Lipinski definition) is 3. The van der Waals surface area contributed by atoms with Crippen molar-refractivity contribution in [1.29, 1.82) is 0 Å². The average Bonchev–Trinajstić information content (AvgIpc) is 2.95. The van der Waals surface area contributed by atoms with Crippen LogP contribution < -0.4 is 10.6 Å². The lowest BCUT2D eigenvalue weighted by atomic mass is 9.96. The Bertz CT molecular complexity index is 609. The zero-order valence-electron chi connectivity index (χ0n) is 13.3. The lowest BCUT2D eigenvalue weighted by molar-refractivity contribution is -0.136. The standard InChI is InChI=1S/C17H21F2N3O2/c18-17(19)9-14(20-11-17)16(24)22-8-4-5-12(10-22)15(23)21-13-6-2-1-3-7-13/h1-3,6-7,12,14,20H,4-5,8-11H2,(H,21,23). The minimum absolute atomic E-state index is 0.136. The fourth-order valence-electron chi connectivity index (χ4n) is 3.27. The monoisotopic (exact) mass is 337 g/mol. The molecule has 2 saturated heterocycles.